The summed E-state index contributed by atoms with van der Waals surface area (Å²) in [4.78, 5) is 16.1. The van der Waals surface area contributed by atoms with Crippen LogP contribution >= 0.6 is 0 Å². The maximum atomic E-state index is 13.3. The zero-order valence-electron chi connectivity index (χ0n) is 25.0. The van der Waals surface area contributed by atoms with E-state index in [-0.39, 0.29) is 37.5 Å². The van der Waals surface area contributed by atoms with Crippen molar-refractivity contribution in [1.82, 2.24) is 4.98 Å². The van der Waals surface area contributed by atoms with Crippen LogP contribution in [0.2, 0.25) is 0 Å². The van der Waals surface area contributed by atoms with Crippen molar-refractivity contribution in [3.63, 3.8) is 0 Å². The number of allylic oxidation sites excluding steroid dienone is 2. The van der Waals surface area contributed by atoms with E-state index in [4.69, 9.17) is 4.98 Å². The number of aliphatic hydroxyl groups excluding tert-OH is 1. The van der Waals surface area contributed by atoms with Crippen molar-refractivity contribution in [3.05, 3.63) is 127 Å². The number of carbonyl (C=O) groups is 1. The Morgan fingerprint density at radius 2 is 1.51 bits per heavy atom. The Hall–Kier alpha value is -3.92. The first-order valence-electron chi connectivity index (χ1n) is 14.3. The largest absolute Gasteiger partial charge is 0.512 e. The molecule has 3 nitrogen and oxygen atoms in total. The molecule has 0 aliphatic heterocycles. The van der Waals surface area contributed by atoms with Crippen molar-refractivity contribution < 1.29 is 34.4 Å². The SMILES string of the molecule is CC(C)CC(=O)/C=C(\O)CC(C)C.Fc1ccc(-c2cccc3nc(-c4[c-]ccc(-c5ccccc5)c4)ccc23)cc1.[Ir]. The third kappa shape index (κ3) is 9.81. The number of benzene rings is 4. The van der Waals surface area contributed by atoms with Gasteiger partial charge in [-0.05, 0) is 52.4 Å². The van der Waals surface area contributed by atoms with E-state index < -0.39 is 0 Å². The molecule has 0 fully saturated rings. The number of aromatic nitrogens is 1. The van der Waals surface area contributed by atoms with Crippen LogP contribution in [0.5, 0.6) is 0 Å². The Balaban J connectivity index is 0.000000310. The predicted molar refractivity (Wildman–Crippen MR) is 171 cm³/mol. The number of hydrogen-bond donors (Lipinski definition) is 1. The van der Waals surface area contributed by atoms with Gasteiger partial charge in [-0.15, -0.1) is 35.4 Å². The van der Waals surface area contributed by atoms with E-state index in [9.17, 15) is 14.3 Å². The molecule has 0 atom stereocenters. The minimum Gasteiger partial charge on any atom is -0.512 e. The molecular formula is C38H37FIrNO2-. The van der Waals surface area contributed by atoms with Crippen LogP contribution in [-0.2, 0) is 24.9 Å². The molecule has 0 aliphatic carbocycles. The molecule has 0 aliphatic rings. The first-order chi connectivity index (χ1) is 20.2. The summed E-state index contributed by atoms with van der Waals surface area (Å²) in [5, 5.41) is 10.4. The molecule has 0 saturated carbocycles. The second kappa shape index (κ2) is 16.1. The Kier molecular flexibility index (Phi) is 12.5. The summed E-state index contributed by atoms with van der Waals surface area (Å²) in [6, 6.07) is 36.4. The Morgan fingerprint density at radius 1 is 0.814 bits per heavy atom. The summed E-state index contributed by atoms with van der Waals surface area (Å²) in [5.74, 6) is 0.746. The number of rotatable bonds is 8. The van der Waals surface area contributed by atoms with Crippen molar-refractivity contribution in [3.8, 4) is 33.5 Å². The fourth-order valence-corrected chi connectivity index (χ4v) is 4.74. The summed E-state index contributed by atoms with van der Waals surface area (Å²) < 4.78 is 13.3. The van der Waals surface area contributed by atoms with Gasteiger partial charge in [0.25, 0.3) is 0 Å². The Labute approximate surface area is 267 Å². The number of hydrogen-bond acceptors (Lipinski definition) is 3. The van der Waals surface area contributed by atoms with Crippen molar-refractivity contribution in [2.45, 2.75) is 40.5 Å². The second-order valence-electron chi connectivity index (χ2n) is 11.2. The van der Waals surface area contributed by atoms with Gasteiger partial charge in [0.05, 0.1) is 11.3 Å². The minimum atomic E-state index is -0.233. The van der Waals surface area contributed by atoms with Gasteiger partial charge in [-0.1, -0.05) is 94.4 Å². The van der Waals surface area contributed by atoms with Gasteiger partial charge in [0.1, 0.15) is 5.82 Å². The zero-order valence-corrected chi connectivity index (χ0v) is 27.4. The molecule has 0 unspecified atom stereocenters. The molecule has 1 aromatic heterocycles. The molecule has 223 valence electrons. The maximum Gasteiger partial charge on any atom is 0.159 e. The molecule has 5 heteroatoms. The number of halogens is 1. The van der Waals surface area contributed by atoms with E-state index in [0.717, 1.165) is 38.9 Å². The number of pyridine rings is 1. The molecule has 0 spiro atoms. The summed E-state index contributed by atoms with van der Waals surface area (Å²) in [7, 11) is 0. The van der Waals surface area contributed by atoms with E-state index in [1.165, 1.54) is 23.8 Å². The molecule has 4 aromatic carbocycles. The first-order valence-corrected chi connectivity index (χ1v) is 14.3. The monoisotopic (exact) mass is 751 g/mol. The van der Waals surface area contributed by atoms with Gasteiger partial charge >= 0.3 is 0 Å². The van der Waals surface area contributed by atoms with Crippen molar-refractivity contribution in [2.24, 2.45) is 11.8 Å². The summed E-state index contributed by atoms with van der Waals surface area (Å²) in [5.41, 5.74) is 7.08. The van der Waals surface area contributed by atoms with Gasteiger partial charge in [-0.25, -0.2) is 4.39 Å². The molecule has 0 amide bonds. The average molecular weight is 751 g/mol. The van der Waals surface area contributed by atoms with Gasteiger partial charge in [0.2, 0.25) is 0 Å². The van der Waals surface area contributed by atoms with Gasteiger partial charge in [0.15, 0.2) is 5.78 Å². The fourth-order valence-electron chi connectivity index (χ4n) is 4.74. The number of nitrogens with zero attached hydrogens (tertiary/aromatic N) is 1. The van der Waals surface area contributed by atoms with Crippen LogP contribution < -0.4 is 0 Å². The third-order valence-electron chi connectivity index (χ3n) is 6.63. The topological polar surface area (TPSA) is 50.2 Å². The minimum absolute atomic E-state index is 0. The quantitative estimate of drug-likeness (QED) is 0.0976. The predicted octanol–water partition coefficient (Wildman–Crippen LogP) is 10.3. The van der Waals surface area contributed by atoms with Gasteiger partial charge in [-0.3, -0.25) is 9.78 Å². The number of ketones is 1. The molecule has 5 rings (SSSR count). The van der Waals surface area contributed by atoms with Crippen LogP contribution in [-0.4, -0.2) is 15.9 Å². The number of aliphatic hydroxyl groups is 1. The van der Waals surface area contributed by atoms with E-state index in [2.05, 4.69) is 36.4 Å². The average Bonchev–Trinajstić information content (AvgIpc) is 2.97. The molecular weight excluding hydrogens is 714 g/mol. The molecule has 0 saturated heterocycles. The van der Waals surface area contributed by atoms with Crippen LogP contribution in [0, 0.1) is 23.7 Å². The van der Waals surface area contributed by atoms with Crippen molar-refractivity contribution in [2.75, 3.05) is 0 Å². The van der Waals surface area contributed by atoms with E-state index in [0.29, 0.717) is 24.7 Å². The standard InChI is InChI=1S/C27H17FN.C11H20O2.Ir/c28-23-14-12-20(13-15-23)24-10-5-11-27-25(24)16-17-26(29-27)22-9-4-8-21(18-22)19-6-2-1-3-7-19;1-8(2)5-10(12)7-11(13)6-9(3)4;/h1-8,10-18H;7-9,12H,5-6H2,1-4H3;/q-1;;/b;10-7-;. The molecule has 5 aromatic rings. The molecule has 0 bridgehead atoms. The zero-order chi connectivity index (χ0) is 30.1. The van der Waals surface area contributed by atoms with Gasteiger partial charge < -0.3 is 5.11 Å². The van der Waals surface area contributed by atoms with E-state index >= 15 is 0 Å². The fraction of sp³-hybridized carbons (Fsp3) is 0.211. The van der Waals surface area contributed by atoms with E-state index in [1.54, 1.807) is 12.1 Å². The smallest absolute Gasteiger partial charge is 0.159 e. The van der Waals surface area contributed by atoms with Gasteiger partial charge in [0, 0.05) is 44.4 Å². The first kappa shape index (κ1) is 33.6. The van der Waals surface area contributed by atoms with Crippen LogP contribution in [0.15, 0.2) is 115 Å². The van der Waals surface area contributed by atoms with E-state index in [1.807, 2.05) is 76.2 Å². The molecule has 1 N–H and O–H groups in total. The molecule has 1 heterocycles. The van der Waals surface area contributed by atoms with Gasteiger partial charge in [-0.2, -0.15) is 0 Å². The van der Waals surface area contributed by atoms with Crippen LogP contribution in [0.4, 0.5) is 4.39 Å². The normalized spacial score (nSPS) is 11.2. The number of fused-ring (bicyclic) bond motifs is 1. The van der Waals surface area contributed by atoms with Crippen molar-refractivity contribution in [1.29, 1.82) is 0 Å². The van der Waals surface area contributed by atoms with Crippen LogP contribution in [0.25, 0.3) is 44.4 Å². The second-order valence-corrected chi connectivity index (χ2v) is 11.2. The summed E-state index contributed by atoms with van der Waals surface area (Å²) in [6.45, 7) is 8.00. The van der Waals surface area contributed by atoms with Crippen LogP contribution in [0.1, 0.15) is 40.5 Å². The number of carbonyl (C=O) groups excluding carboxylic acids is 1. The van der Waals surface area contributed by atoms with Crippen LogP contribution in [0.3, 0.4) is 0 Å². The third-order valence-corrected chi connectivity index (χ3v) is 6.63. The summed E-state index contributed by atoms with van der Waals surface area (Å²) >= 11 is 0. The maximum absolute atomic E-state index is 13.3. The molecule has 43 heavy (non-hydrogen) atoms. The Morgan fingerprint density at radius 3 is 2.19 bits per heavy atom. The Bertz CT molecular complexity index is 1660. The summed E-state index contributed by atoms with van der Waals surface area (Å²) in [6.07, 6.45) is 2.46. The van der Waals surface area contributed by atoms with Crippen molar-refractivity contribution >= 4 is 16.7 Å². The molecule has 1 radical (unpaired) electrons.